The molecule has 4 nitrogen and oxygen atoms in total. The van der Waals surface area contributed by atoms with Gasteiger partial charge in [-0.3, -0.25) is 0 Å². The van der Waals surface area contributed by atoms with Gasteiger partial charge in [0.05, 0.1) is 5.54 Å². The van der Waals surface area contributed by atoms with Crippen LogP contribution in [0.25, 0.3) is 0 Å². The van der Waals surface area contributed by atoms with E-state index in [-0.39, 0.29) is 5.82 Å². The van der Waals surface area contributed by atoms with E-state index in [2.05, 4.69) is 15.5 Å². The molecule has 0 unspecified atom stereocenters. The largest absolute Gasteiger partial charge is 0.337 e. The number of aromatic nitrogens is 2. The summed E-state index contributed by atoms with van der Waals surface area (Å²) < 4.78 is 18.2. The van der Waals surface area contributed by atoms with E-state index >= 15 is 0 Å². The van der Waals surface area contributed by atoms with Crippen molar-refractivity contribution in [3.05, 3.63) is 46.3 Å². The molecular formula is C13H15ClFN3O. The zero-order valence-electron chi connectivity index (χ0n) is 11.0. The maximum absolute atomic E-state index is 12.9. The van der Waals surface area contributed by atoms with E-state index in [1.807, 2.05) is 20.9 Å². The summed E-state index contributed by atoms with van der Waals surface area (Å²) in [6.07, 6.45) is 0.405. The molecule has 6 heteroatoms. The van der Waals surface area contributed by atoms with Crippen LogP contribution in [-0.4, -0.2) is 17.2 Å². The average molecular weight is 284 g/mol. The smallest absolute Gasteiger partial charge is 0.246 e. The Balaban J connectivity index is 2.20. The van der Waals surface area contributed by atoms with Gasteiger partial charge in [0.15, 0.2) is 5.82 Å². The van der Waals surface area contributed by atoms with E-state index in [1.165, 1.54) is 12.1 Å². The molecule has 0 aliphatic rings. The maximum Gasteiger partial charge on any atom is 0.246 e. The van der Waals surface area contributed by atoms with Crippen LogP contribution in [0.3, 0.4) is 0 Å². The van der Waals surface area contributed by atoms with Crippen molar-refractivity contribution in [3.8, 4) is 0 Å². The molecule has 2 rings (SSSR count). The topological polar surface area (TPSA) is 51.0 Å². The Labute approximate surface area is 116 Å². The van der Waals surface area contributed by atoms with Crippen LogP contribution in [-0.2, 0) is 12.0 Å². The van der Waals surface area contributed by atoms with E-state index in [0.717, 1.165) is 5.56 Å². The molecule has 0 spiro atoms. The number of hydrogen-bond donors (Lipinski definition) is 1. The number of hydrogen-bond acceptors (Lipinski definition) is 4. The lowest BCUT2D eigenvalue weighted by atomic mass is 10.1. The van der Waals surface area contributed by atoms with Crippen molar-refractivity contribution in [2.24, 2.45) is 0 Å². The van der Waals surface area contributed by atoms with Crippen molar-refractivity contribution in [2.75, 3.05) is 7.05 Å². The predicted octanol–water partition coefficient (Wildman–Crippen LogP) is 2.91. The first-order valence-corrected chi connectivity index (χ1v) is 6.26. The summed E-state index contributed by atoms with van der Waals surface area (Å²) in [6, 6.07) is 4.26. The van der Waals surface area contributed by atoms with Crippen LogP contribution in [0.2, 0.25) is 5.02 Å². The quantitative estimate of drug-likeness (QED) is 0.937. The van der Waals surface area contributed by atoms with Crippen LogP contribution in [0, 0.1) is 5.82 Å². The summed E-state index contributed by atoms with van der Waals surface area (Å²) in [5, 5.41) is 7.35. The Morgan fingerprint density at radius 3 is 2.79 bits per heavy atom. The minimum atomic E-state index is -0.391. The van der Waals surface area contributed by atoms with Gasteiger partial charge >= 0.3 is 0 Å². The first kappa shape index (κ1) is 14.0. The highest BCUT2D eigenvalue weighted by Gasteiger charge is 2.25. The summed E-state index contributed by atoms with van der Waals surface area (Å²) in [5.74, 6) is 0.661. The fourth-order valence-electron chi connectivity index (χ4n) is 1.52. The molecule has 0 saturated carbocycles. The highest BCUT2D eigenvalue weighted by Crippen LogP contribution is 2.21. The van der Waals surface area contributed by atoms with Crippen LogP contribution >= 0.6 is 11.6 Å². The normalized spacial score (nSPS) is 11.8. The standard InChI is InChI=1S/C13H15ClFN3O/c1-13(2,16-3)12-17-11(18-19-12)6-8-4-5-9(15)7-10(8)14/h4-5,7,16H,6H2,1-3H3. The Morgan fingerprint density at radius 2 is 2.16 bits per heavy atom. The molecule has 1 N–H and O–H groups in total. The molecule has 1 aromatic heterocycles. The molecule has 0 aliphatic heterocycles. The average Bonchev–Trinajstić information content (AvgIpc) is 2.82. The molecule has 0 bridgehead atoms. The summed E-state index contributed by atoms with van der Waals surface area (Å²) in [5.41, 5.74) is 0.371. The fourth-order valence-corrected chi connectivity index (χ4v) is 1.76. The van der Waals surface area contributed by atoms with Crippen LogP contribution in [0.15, 0.2) is 22.7 Å². The zero-order chi connectivity index (χ0) is 14.0. The lowest BCUT2D eigenvalue weighted by molar-refractivity contribution is 0.279. The van der Waals surface area contributed by atoms with Crippen LogP contribution in [0.4, 0.5) is 4.39 Å². The molecule has 0 aliphatic carbocycles. The predicted molar refractivity (Wildman–Crippen MR) is 70.6 cm³/mol. The maximum atomic E-state index is 12.9. The second kappa shape index (κ2) is 5.27. The lowest BCUT2D eigenvalue weighted by Gasteiger charge is -2.17. The van der Waals surface area contributed by atoms with Gasteiger partial charge in [-0.25, -0.2) is 4.39 Å². The number of benzene rings is 1. The summed E-state index contributed by atoms with van der Waals surface area (Å²) in [7, 11) is 1.82. The van der Waals surface area contributed by atoms with Crippen molar-refractivity contribution in [1.29, 1.82) is 0 Å². The van der Waals surface area contributed by atoms with Crippen molar-refractivity contribution in [3.63, 3.8) is 0 Å². The van der Waals surface area contributed by atoms with E-state index < -0.39 is 5.54 Å². The summed E-state index contributed by atoms with van der Waals surface area (Å²) in [6.45, 7) is 3.88. The van der Waals surface area contributed by atoms with Crippen LogP contribution < -0.4 is 5.32 Å². The highest BCUT2D eigenvalue weighted by atomic mass is 35.5. The lowest BCUT2D eigenvalue weighted by Crippen LogP contribution is -2.33. The molecule has 1 aromatic carbocycles. The van der Waals surface area contributed by atoms with Crippen molar-refractivity contribution >= 4 is 11.6 Å². The number of rotatable bonds is 4. The van der Waals surface area contributed by atoms with Crippen molar-refractivity contribution < 1.29 is 8.91 Å². The second-order valence-electron chi connectivity index (χ2n) is 4.80. The van der Waals surface area contributed by atoms with Gasteiger partial charge in [-0.2, -0.15) is 4.98 Å². The first-order valence-electron chi connectivity index (χ1n) is 5.88. The van der Waals surface area contributed by atoms with Gasteiger partial charge in [0.2, 0.25) is 5.89 Å². The van der Waals surface area contributed by atoms with Crippen LogP contribution in [0.5, 0.6) is 0 Å². The van der Waals surface area contributed by atoms with Gasteiger partial charge in [-0.1, -0.05) is 22.8 Å². The molecular weight excluding hydrogens is 269 g/mol. The van der Waals surface area contributed by atoms with E-state index in [0.29, 0.717) is 23.2 Å². The minimum absolute atomic E-state index is 0.360. The van der Waals surface area contributed by atoms with Gasteiger partial charge in [-0.05, 0) is 38.6 Å². The Kier molecular flexibility index (Phi) is 3.87. The zero-order valence-corrected chi connectivity index (χ0v) is 11.8. The molecule has 0 radical (unpaired) electrons. The third-order valence-electron chi connectivity index (χ3n) is 2.99. The van der Waals surface area contributed by atoms with Crippen LogP contribution in [0.1, 0.15) is 31.1 Å². The SMILES string of the molecule is CNC(C)(C)c1nc(Cc2ccc(F)cc2Cl)no1. The highest BCUT2D eigenvalue weighted by molar-refractivity contribution is 6.31. The van der Waals surface area contributed by atoms with E-state index in [9.17, 15) is 4.39 Å². The Hall–Kier alpha value is -1.46. The monoisotopic (exact) mass is 283 g/mol. The van der Waals surface area contributed by atoms with Gasteiger partial charge in [0.25, 0.3) is 0 Å². The second-order valence-corrected chi connectivity index (χ2v) is 5.21. The summed E-state index contributed by atoms with van der Waals surface area (Å²) >= 11 is 5.96. The number of nitrogens with one attached hydrogen (secondary N) is 1. The van der Waals surface area contributed by atoms with Gasteiger partial charge in [-0.15, -0.1) is 0 Å². The van der Waals surface area contributed by atoms with Gasteiger partial charge in [0.1, 0.15) is 5.82 Å². The minimum Gasteiger partial charge on any atom is -0.337 e. The van der Waals surface area contributed by atoms with E-state index in [1.54, 1.807) is 6.07 Å². The molecule has 0 fully saturated rings. The third kappa shape index (κ3) is 3.11. The molecule has 2 aromatic rings. The van der Waals surface area contributed by atoms with Crippen molar-refractivity contribution in [2.45, 2.75) is 25.8 Å². The van der Waals surface area contributed by atoms with Gasteiger partial charge < -0.3 is 9.84 Å². The number of nitrogens with zero attached hydrogens (tertiary/aromatic N) is 2. The third-order valence-corrected chi connectivity index (χ3v) is 3.34. The van der Waals surface area contributed by atoms with E-state index in [4.69, 9.17) is 16.1 Å². The summed E-state index contributed by atoms with van der Waals surface area (Å²) in [4.78, 5) is 4.32. The Morgan fingerprint density at radius 1 is 1.42 bits per heavy atom. The Bertz CT molecular complexity index is 583. The molecule has 0 amide bonds. The fraction of sp³-hybridized carbons (Fsp3) is 0.385. The molecule has 19 heavy (non-hydrogen) atoms. The molecule has 102 valence electrons. The molecule has 1 heterocycles. The molecule has 0 atom stereocenters. The van der Waals surface area contributed by atoms with Crippen molar-refractivity contribution in [1.82, 2.24) is 15.5 Å². The van der Waals surface area contributed by atoms with Gasteiger partial charge in [0, 0.05) is 11.4 Å². The number of halogens is 2. The first-order chi connectivity index (χ1) is 8.92. The molecule has 0 saturated heterocycles.